The van der Waals surface area contributed by atoms with Crippen molar-refractivity contribution in [1.29, 1.82) is 0 Å². The minimum Gasteiger partial charge on any atom is -0.490 e. The second-order valence-electron chi connectivity index (χ2n) is 6.45. The van der Waals surface area contributed by atoms with Crippen LogP contribution in [0.1, 0.15) is 17.2 Å². The van der Waals surface area contributed by atoms with Crippen LogP contribution in [-0.4, -0.2) is 44.4 Å². The third-order valence-corrected chi connectivity index (χ3v) is 4.63. The van der Waals surface area contributed by atoms with Crippen LogP contribution < -0.4 is 10.1 Å². The molecular weight excluding hydrogens is 324 g/mol. The minimum atomic E-state index is 0.371. The van der Waals surface area contributed by atoms with Crippen LogP contribution in [-0.2, 0) is 11.3 Å². The Balaban J connectivity index is 1.56. The zero-order valence-electron chi connectivity index (χ0n) is 15.3. The van der Waals surface area contributed by atoms with E-state index in [-0.39, 0.29) is 0 Å². The van der Waals surface area contributed by atoms with Gasteiger partial charge in [-0.1, -0.05) is 55.1 Å². The fourth-order valence-corrected chi connectivity index (χ4v) is 3.23. The number of hydrogen-bond donors (Lipinski definition) is 1. The number of benzene rings is 2. The number of hydrogen-bond acceptors (Lipinski definition) is 4. The van der Waals surface area contributed by atoms with Gasteiger partial charge in [0.15, 0.2) is 0 Å². The lowest BCUT2D eigenvalue weighted by Crippen LogP contribution is -2.42. The first kappa shape index (κ1) is 18.6. The summed E-state index contributed by atoms with van der Waals surface area (Å²) in [6, 6.07) is 19.3. The van der Waals surface area contributed by atoms with Crippen LogP contribution in [0.4, 0.5) is 0 Å². The molecule has 26 heavy (non-hydrogen) atoms. The van der Waals surface area contributed by atoms with Crippen molar-refractivity contribution in [3.8, 4) is 5.75 Å². The minimum absolute atomic E-state index is 0.371. The highest BCUT2D eigenvalue weighted by atomic mass is 16.5. The molecule has 1 heterocycles. The molecule has 0 saturated carbocycles. The maximum atomic E-state index is 5.53. The summed E-state index contributed by atoms with van der Waals surface area (Å²) in [5.41, 5.74) is 2.61. The lowest BCUT2D eigenvalue weighted by Gasteiger charge is -2.35. The molecule has 1 N–H and O–H groups in total. The lowest BCUT2D eigenvalue weighted by molar-refractivity contribution is 0.0161. The summed E-state index contributed by atoms with van der Waals surface area (Å²) in [6.45, 7) is 9.56. The van der Waals surface area contributed by atoms with Crippen LogP contribution in [0.5, 0.6) is 5.75 Å². The van der Waals surface area contributed by atoms with Crippen LogP contribution in [0.2, 0.25) is 0 Å². The first-order chi connectivity index (χ1) is 12.9. The lowest BCUT2D eigenvalue weighted by atomic mass is 10.0. The van der Waals surface area contributed by atoms with Crippen molar-refractivity contribution in [1.82, 2.24) is 10.2 Å². The summed E-state index contributed by atoms with van der Waals surface area (Å²) in [6.07, 6.45) is 1.75. The molecule has 2 aromatic rings. The van der Waals surface area contributed by atoms with E-state index in [0.717, 1.165) is 45.1 Å². The van der Waals surface area contributed by atoms with Gasteiger partial charge in [-0.15, -0.1) is 0 Å². The van der Waals surface area contributed by atoms with Gasteiger partial charge in [-0.05, 0) is 23.3 Å². The van der Waals surface area contributed by atoms with Gasteiger partial charge >= 0.3 is 0 Å². The zero-order valence-corrected chi connectivity index (χ0v) is 15.3. The molecule has 4 nitrogen and oxygen atoms in total. The van der Waals surface area contributed by atoms with Gasteiger partial charge in [-0.3, -0.25) is 4.90 Å². The third kappa shape index (κ3) is 5.43. The van der Waals surface area contributed by atoms with Crippen molar-refractivity contribution in [2.45, 2.75) is 12.6 Å². The summed E-state index contributed by atoms with van der Waals surface area (Å²) < 4.78 is 11.1. The van der Waals surface area contributed by atoms with Crippen LogP contribution in [0.15, 0.2) is 67.3 Å². The molecule has 1 fully saturated rings. The normalized spacial score (nSPS) is 16.2. The van der Waals surface area contributed by atoms with Gasteiger partial charge in [0.1, 0.15) is 12.4 Å². The zero-order chi connectivity index (χ0) is 18.0. The smallest absolute Gasteiger partial charge is 0.119 e. The summed E-state index contributed by atoms with van der Waals surface area (Å²) in [5.74, 6) is 0.879. The molecule has 138 valence electrons. The molecule has 3 rings (SSSR count). The number of nitrogens with one attached hydrogen (secondary N) is 1. The summed E-state index contributed by atoms with van der Waals surface area (Å²) >= 11 is 0. The summed E-state index contributed by atoms with van der Waals surface area (Å²) in [4.78, 5) is 2.51. The van der Waals surface area contributed by atoms with Gasteiger partial charge in [0.2, 0.25) is 0 Å². The van der Waals surface area contributed by atoms with E-state index in [4.69, 9.17) is 9.47 Å². The van der Waals surface area contributed by atoms with Crippen LogP contribution >= 0.6 is 0 Å². The Bertz CT molecular complexity index is 652. The maximum Gasteiger partial charge on any atom is 0.119 e. The van der Waals surface area contributed by atoms with E-state index < -0.39 is 0 Å². The molecule has 2 aromatic carbocycles. The molecule has 1 aliphatic rings. The predicted octanol–water partition coefficient (Wildman–Crippen LogP) is 3.41. The summed E-state index contributed by atoms with van der Waals surface area (Å²) in [7, 11) is 0. The molecule has 1 aliphatic heterocycles. The SMILES string of the molecule is C=CCOc1ccc(CNCC(c2ccccc2)N2CCOCC2)cc1. The first-order valence-electron chi connectivity index (χ1n) is 9.27. The topological polar surface area (TPSA) is 33.7 Å². The highest BCUT2D eigenvalue weighted by molar-refractivity contribution is 5.27. The van der Waals surface area contributed by atoms with Crippen LogP contribution in [0.3, 0.4) is 0 Å². The van der Waals surface area contributed by atoms with Crippen molar-refractivity contribution in [3.63, 3.8) is 0 Å². The quantitative estimate of drug-likeness (QED) is 0.701. The Hall–Kier alpha value is -2.14. The Morgan fingerprint density at radius 3 is 2.50 bits per heavy atom. The van der Waals surface area contributed by atoms with E-state index in [2.05, 4.69) is 59.3 Å². The Morgan fingerprint density at radius 2 is 1.81 bits per heavy atom. The van der Waals surface area contributed by atoms with Gasteiger partial charge in [-0.2, -0.15) is 0 Å². The molecule has 0 bridgehead atoms. The monoisotopic (exact) mass is 352 g/mol. The molecule has 4 heteroatoms. The van der Waals surface area contributed by atoms with E-state index in [1.807, 2.05) is 12.1 Å². The van der Waals surface area contributed by atoms with Gasteiger partial charge < -0.3 is 14.8 Å². The van der Waals surface area contributed by atoms with Gasteiger partial charge in [0, 0.05) is 32.2 Å². The van der Waals surface area contributed by atoms with E-state index in [1.165, 1.54) is 11.1 Å². The van der Waals surface area contributed by atoms with Gasteiger partial charge in [0.25, 0.3) is 0 Å². The molecule has 1 saturated heterocycles. The Kier molecular flexibility index (Phi) is 7.25. The fraction of sp³-hybridized carbons (Fsp3) is 0.364. The summed E-state index contributed by atoms with van der Waals surface area (Å²) in [5, 5.41) is 3.62. The highest BCUT2D eigenvalue weighted by Gasteiger charge is 2.22. The largest absolute Gasteiger partial charge is 0.490 e. The molecule has 0 spiro atoms. The van der Waals surface area contributed by atoms with E-state index >= 15 is 0 Å². The Labute approximate surface area is 156 Å². The number of ether oxygens (including phenoxy) is 2. The fourth-order valence-electron chi connectivity index (χ4n) is 3.23. The maximum absolute atomic E-state index is 5.53. The molecule has 0 amide bonds. The molecular formula is C22H28N2O2. The third-order valence-electron chi connectivity index (χ3n) is 4.63. The van der Waals surface area contributed by atoms with Crippen molar-refractivity contribution >= 4 is 0 Å². The van der Waals surface area contributed by atoms with Crippen LogP contribution in [0.25, 0.3) is 0 Å². The molecule has 0 aliphatic carbocycles. The van der Waals surface area contributed by atoms with Gasteiger partial charge in [-0.25, -0.2) is 0 Å². The van der Waals surface area contributed by atoms with Crippen molar-refractivity contribution in [2.75, 3.05) is 39.5 Å². The predicted molar refractivity (Wildman–Crippen MR) is 105 cm³/mol. The van der Waals surface area contributed by atoms with Crippen molar-refractivity contribution in [2.24, 2.45) is 0 Å². The molecule has 1 unspecified atom stereocenters. The van der Waals surface area contributed by atoms with E-state index in [0.29, 0.717) is 12.6 Å². The van der Waals surface area contributed by atoms with Crippen molar-refractivity contribution in [3.05, 3.63) is 78.4 Å². The second kappa shape index (κ2) is 10.1. The first-order valence-corrected chi connectivity index (χ1v) is 9.27. The van der Waals surface area contributed by atoms with E-state index in [1.54, 1.807) is 6.08 Å². The number of morpholine rings is 1. The Morgan fingerprint density at radius 1 is 1.08 bits per heavy atom. The molecule has 1 atom stereocenters. The molecule has 0 aromatic heterocycles. The average molecular weight is 352 g/mol. The second-order valence-corrected chi connectivity index (χ2v) is 6.45. The molecule has 0 radical (unpaired) electrons. The highest BCUT2D eigenvalue weighted by Crippen LogP contribution is 2.21. The number of nitrogens with zero attached hydrogens (tertiary/aromatic N) is 1. The van der Waals surface area contributed by atoms with Gasteiger partial charge in [0.05, 0.1) is 13.2 Å². The number of rotatable bonds is 9. The van der Waals surface area contributed by atoms with Crippen LogP contribution in [0, 0.1) is 0 Å². The van der Waals surface area contributed by atoms with Crippen molar-refractivity contribution < 1.29 is 9.47 Å². The van der Waals surface area contributed by atoms with E-state index in [9.17, 15) is 0 Å². The standard InChI is InChI=1S/C22H28N2O2/c1-2-14-26-21-10-8-19(9-11-21)17-23-18-22(20-6-4-3-5-7-20)24-12-15-25-16-13-24/h2-11,22-23H,1,12-18H2. The average Bonchev–Trinajstić information content (AvgIpc) is 2.72.